The van der Waals surface area contributed by atoms with Crippen LogP contribution in [0.4, 0.5) is 0 Å². The van der Waals surface area contributed by atoms with Gasteiger partial charge in [0, 0.05) is 20.0 Å². The zero-order valence-corrected chi connectivity index (χ0v) is 18.7. The van der Waals surface area contributed by atoms with Crippen LogP contribution in [0.1, 0.15) is 30.4 Å². The van der Waals surface area contributed by atoms with Crippen LogP contribution in [0.3, 0.4) is 0 Å². The van der Waals surface area contributed by atoms with E-state index in [-0.39, 0.29) is 24.7 Å². The summed E-state index contributed by atoms with van der Waals surface area (Å²) in [7, 11) is 0. The summed E-state index contributed by atoms with van der Waals surface area (Å²) in [5, 5.41) is 7.81. The lowest BCUT2D eigenvalue weighted by molar-refractivity contribution is -0.122. The summed E-state index contributed by atoms with van der Waals surface area (Å²) in [4.78, 5) is 23.4. The van der Waals surface area contributed by atoms with Gasteiger partial charge in [-0.25, -0.2) is 10.9 Å². The summed E-state index contributed by atoms with van der Waals surface area (Å²) < 4.78 is 2.27. The highest BCUT2D eigenvalue weighted by atomic mass is 127. The van der Waals surface area contributed by atoms with Crippen LogP contribution < -0.4 is 10.9 Å². The van der Waals surface area contributed by atoms with E-state index >= 15 is 0 Å². The third-order valence-corrected chi connectivity index (χ3v) is 4.79. The lowest BCUT2D eigenvalue weighted by Gasteiger charge is -2.01. The summed E-state index contributed by atoms with van der Waals surface area (Å²) in [5.74, 6) is -0.459. The largest absolute Gasteiger partial charge is 0.273 e. The van der Waals surface area contributed by atoms with Crippen molar-refractivity contribution in [2.75, 3.05) is 0 Å². The molecule has 2 N–H and O–H groups in total. The van der Waals surface area contributed by atoms with E-state index in [4.69, 9.17) is 0 Å². The second kappa shape index (κ2) is 11.8. The number of hydrogen-bond donors (Lipinski definition) is 2. The third-order valence-electron chi connectivity index (χ3n) is 3.35. The maximum Gasteiger partial charge on any atom is 0.240 e. The van der Waals surface area contributed by atoms with Gasteiger partial charge in [-0.2, -0.15) is 10.2 Å². The molecule has 0 aliphatic heterocycles. The molecule has 2 amide bonds. The molecule has 0 bridgehead atoms. The number of nitrogens with zero attached hydrogens (tertiary/aromatic N) is 2. The van der Waals surface area contributed by atoms with Crippen molar-refractivity contribution in [2.24, 2.45) is 10.2 Å². The van der Waals surface area contributed by atoms with Crippen molar-refractivity contribution in [1.82, 2.24) is 10.9 Å². The Morgan fingerprint density at radius 2 is 1.11 bits per heavy atom. The predicted octanol–water partition coefficient (Wildman–Crippen LogP) is 3.67. The minimum Gasteiger partial charge on any atom is -0.273 e. The minimum absolute atomic E-state index is 0.221. The standard InChI is InChI=1S/C19H18I2N4O2/c20-16-8-4-14(5-9-16)12-22-24-18(26)2-1-3-19(27)25-23-13-15-6-10-17(21)11-7-15/h4-13H,1-3H2,(H,24,26)(H,25,27)/b22-12+,23-13+. The van der Waals surface area contributed by atoms with Crippen molar-refractivity contribution in [2.45, 2.75) is 19.3 Å². The number of hydrazone groups is 2. The molecular weight excluding hydrogens is 570 g/mol. The molecule has 0 atom stereocenters. The van der Waals surface area contributed by atoms with Crippen LogP contribution in [0.5, 0.6) is 0 Å². The maximum absolute atomic E-state index is 11.7. The first-order valence-electron chi connectivity index (χ1n) is 8.18. The Balaban J connectivity index is 1.61. The van der Waals surface area contributed by atoms with E-state index < -0.39 is 0 Å². The van der Waals surface area contributed by atoms with Crippen molar-refractivity contribution in [3.05, 3.63) is 66.8 Å². The Labute approximate surface area is 185 Å². The van der Waals surface area contributed by atoms with E-state index in [0.29, 0.717) is 6.42 Å². The molecule has 27 heavy (non-hydrogen) atoms. The number of halogens is 2. The van der Waals surface area contributed by atoms with Crippen LogP contribution in [0.25, 0.3) is 0 Å². The van der Waals surface area contributed by atoms with E-state index in [1.54, 1.807) is 12.4 Å². The average molecular weight is 588 g/mol. The van der Waals surface area contributed by atoms with Gasteiger partial charge in [-0.15, -0.1) is 0 Å². The first-order valence-corrected chi connectivity index (χ1v) is 10.3. The monoisotopic (exact) mass is 588 g/mol. The fourth-order valence-electron chi connectivity index (χ4n) is 1.98. The van der Waals surface area contributed by atoms with Crippen LogP contribution in [0.15, 0.2) is 58.7 Å². The molecular formula is C19H18I2N4O2. The van der Waals surface area contributed by atoms with Gasteiger partial charge in [-0.3, -0.25) is 9.59 Å². The number of carbonyl (C=O) groups excluding carboxylic acids is 2. The molecule has 0 unspecified atom stereocenters. The molecule has 6 nitrogen and oxygen atoms in total. The number of carbonyl (C=O) groups is 2. The molecule has 0 radical (unpaired) electrons. The molecule has 0 aliphatic rings. The predicted molar refractivity (Wildman–Crippen MR) is 124 cm³/mol. The van der Waals surface area contributed by atoms with Crippen LogP contribution in [-0.2, 0) is 9.59 Å². The van der Waals surface area contributed by atoms with E-state index in [1.807, 2.05) is 48.5 Å². The fourth-order valence-corrected chi connectivity index (χ4v) is 2.70. The van der Waals surface area contributed by atoms with Gasteiger partial charge in [0.25, 0.3) is 0 Å². The molecule has 8 heteroatoms. The van der Waals surface area contributed by atoms with E-state index in [2.05, 4.69) is 66.2 Å². The van der Waals surface area contributed by atoms with Gasteiger partial charge in [-0.1, -0.05) is 24.3 Å². The summed E-state index contributed by atoms with van der Waals surface area (Å²) in [6.45, 7) is 0. The summed E-state index contributed by atoms with van der Waals surface area (Å²) >= 11 is 4.44. The zero-order chi connectivity index (χ0) is 19.5. The Morgan fingerprint density at radius 3 is 1.48 bits per heavy atom. The molecule has 140 valence electrons. The molecule has 0 saturated heterocycles. The smallest absolute Gasteiger partial charge is 0.240 e. The van der Waals surface area contributed by atoms with Crippen LogP contribution in [0, 0.1) is 7.14 Å². The minimum atomic E-state index is -0.230. The Bertz CT molecular complexity index is 749. The first-order chi connectivity index (χ1) is 13.0. The third kappa shape index (κ3) is 9.09. The number of nitrogens with one attached hydrogen (secondary N) is 2. The normalized spacial score (nSPS) is 11.0. The molecule has 0 aliphatic carbocycles. The number of amides is 2. The highest BCUT2D eigenvalue weighted by molar-refractivity contribution is 14.1. The molecule has 2 aromatic rings. The first kappa shape index (κ1) is 21.5. The maximum atomic E-state index is 11.7. The molecule has 2 rings (SSSR count). The molecule has 0 spiro atoms. The lowest BCUT2D eigenvalue weighted by atomic mass is 10.2. The molecule has 0 heterocycles. The van der Waals surface area contributed by atoms with Crippen molar-refractivity contribution < 1.29 is 9.59 Å². The highest BCUT2D eigenvalue weighted by Gasteiger charge is 2.03. The van der Waals surface area contributed by atoms with Crippen molar-refractivity contribution in [3.63, 3.8) is 0 Å². The molecule has 0 aromatic heterocycles. The van der Waals surface area contributed by atoms with Crippen molar-refractivity contribution in [1.29, 1.82) is 0 Å². The van der Waals surface area contributed by atoms with Crippen molar-refractivity contribution >= 4 is 69.4 Å². The van der Waals surface area contributed by atoms with Crippen LogP contribution >= 0.6 is 45.2 Å². The second-order valence-corrected chi connectivity index (χ2v) is 8.03. The van der Waals surface area contributed by atoms with Gasteiger partial charge >= 0.3 is 0 Å². The number of benzene rings is 2. The zero-order valence-electron chi connectivity index (χ0n) is 14.4. The topological polar surface area (TPSA) is 82.9 Å². The van der Waals surface area contributed by atoms with E-state index in [1.165, 1.54) is 0 Å². The Kier molecular flexibility index (Phi) is 9.39. The van der Waals surface area contributed by atoms with E-state index in [9.17, 15) is 9.59 Å². The van der Waals surface area contributed by atoms with Gasteiger partial charge in [0.05, 0.1) is 12.4 Å². The second-order valence-electron chi connectivity index (χ2n) is 5.54. The van der Waals surface area contributed by atoms with Gasteiger partial charge in [-0.05, 0) is 87.0 Å². The Morgan fingerprint density at radius 1 is 0.741 bits per heavy atom. The lowest BCUT2D eigenvalue weighted by Crippen LogP contribution is -2.20. The van der Waals surface area contributed by atoms with Gasteiger partial charge < -0.3 is 0 Å². The Hall–Kier alpha value is -1.82. The average Bonchev–Trinajstić information content (AvgIpc) is 2.65. The summed E-state index contributed by atoms with van der Waals surface area (Å²) in [6, 6.07) is 15.5. The van der Waals surface area contributed by atoms with E-state index in [0.717, 1.165) is 18.3 Å². The SMILES string of the molecule is O=C(CCCC(=O)N/N=C/c1ccc(I)cc1)N/N=C/c1ccc(I)cc1. The molecule has 0 saturated carbocycles. The molecule has 2 aromatic carbocycles. The summed E-state index contributed by atoms with van der Waals surface area (Å²) in [6.07, 6.45) is 4.03. The van der Waals surface area contributed by atoms with Gasteiger partial charge in [0.2, 0.25) is 11.8 Å². The number of rotatable bonds is 8. The van der Waals surface area contributed by atoms with Gasteiger partial charge in [0.1, 0.15) is 0 Å². The highest BCUT2D eigenvalue weighted by Crippen LogP contribution is 2.05. The quantitative estimate of drug-likeness (QED) is 0.281. The van der Waals surface area contributed by atoms with Gasteiger partial charge in [0.15, 0.2) is 0 Å². The fraction of sp³-hybridized carbons (Fsp3) is 0.158. The van der Waals surface area contributed by atoms with Crippen LogP contribution in [0.2, 0.25) is 0 Å². The molecule has 0 fully saturated rings. The summed E-state index contributed by atoms with van der Waals surface area (Å²) in [5.41, 5.74) is 6.72. The van der Waals surface area contributed by atoms with Crippen LogP contribution in [-0.4, -0.2) is 24.2 Å². The van der Waals surface area contributed by atoms with Crippen molar-refractivity contribution in [3.8, 4) is 0 Å². The number of hydrogen-bond acceptors (Lipinski definition) is 4.